The van der Waals surface area contributed by atoms with Crippen LogP contribution in [0.15, 0.2) is 71.8 Å². The normalized spacial score (nSPS) is 31.3. The lowest BCUT2D eigenvalue weighted by Gasteiger charge is -2.57. The number of nitrogens with zero attached hydrogens (tertiary/aromatic N) is 2. The third-order valence-electron chi connectivity index (χ3n) is 12.5. The Balaban J connectivity index is 1.25. The Bertz CT molecular complexity index is 2000. The molecule has 4 aliphatic rings. The molecule has 0 amide bonds. The molecule has 45 heavy (non-hydrogen) atoms. The van der Waals surface area contributed by atoms with E-state index in [9.17, 15) is 22.8 Å². The fourth-order valence-electron chi connectivity index (χ4n) is 10.4. The van der Waals surface area contributed by atoms with Gasteiger partial charge in [0.2, 0.25) is 5.82 Å². The first-order valence-corrected chi connectivity index (χ1v) is 16.3. The van der Waals surface area contributed by atoms with Gasteiger partial charge in [-0.1, -0.05) is 62.4 Å². The standard InChI is InChI=1S/C38H37F3N2O2/c1-21(44)27-14-15-28-24-13-12-23-20-22(16-18-36(23,2)29(24)17-19-37(27,28)3)34(45)32-26-9-5-7-11-31(26)43-33(32)25-8-4-6-10-30(25)42-35(43)38(39,40)41/h4-12,20,24,27-29H,13-19H2,1-3H3/t24-,27+,28-,29-,36-,37+/m0/s1. The molecule has 0 saturated heterocycles. The lowest BCUT2D eigenvalue weighted by Crippen LogP contribution is -2.49. The number of rotatable bonds is 3. The highest BCUT2D eigenvalue weighted by molar-refractivity contribution is 6.25. The second-order valence-electron chi connectivity index (χ2n) is 14.5. The molecule has 7 heteroatoms. The average Bonchev–Trinajstić information content (AvgIpc) is 3.55. The molecular weight excluding hydrogens is 573 g/mol. The molecule has 0 unspecified atom stereocenters. The first kappa shape index (κ1) is 28.7. The maximum Gasteiger partial charge on any atom is 0.450 e. The van der Waals surface area contributed by atoms with Crippen LogP contribution >= 0.6 is 0 Å². The van der Waals surface area contributed by atoms with Crippen molar-refractivity contribution in [3.8, 4) is 0 Å². The molecule has 8 rings (SSSR count). The second kappa shape index (κ2) is 9.63. The number of carbonyl (C=O) groups excluding carboxylic acids is 2. The van der Waals surface area contributed by atoms with Gasteiger partial charge in [0, 0.05) is 22.3 Å². The highest BCUT2D eigenvalue weighted by Crippen LogP contribution is 2.66. The van der Waals surface area contributed by atoms with Crippen molar-refractivity contribution >= 4 is 38.9 Å². The fourth-order valence-corrected chi connectivity index (χ4v) is 10.4. The molecule has 0 aliphatic heterocycles. The van der Waals surface area contributed by atoms with Crippen LogP contribution in [0.4, 0.5) is 13.2 Å². The summed E-state index contributed by atoms with van der Waals surface area (Å²) in [6.45, 7) is 6.46. The van der Waals surface area contributed by atoms with Crippen molar-refractivity contribution in [3.05, 3.63) is 83.2 Å². The number of halogens is 3. The molecular formula is C38H37F3N2O2. The number of hydrogen-bond acceptors (Lipinski definition) is 3. The molecule has 232 valence electrons. The maximum atomic E-state index is 14.6. The average molecular weight is 611 g/mol. The van der Waals surface area contributed by atoms with Crippen molar-refractivity contribution in [1.29, 1.82) is 0 Å². The van der Waals surface area contributed by atoms with Crippen LogP contribution in [0.2, 0.25) is 0 Å². The minimum atomic E-state index is -4.71. The van der Waals surface area contributed by atoms with Gasteiger partial charge in [0.05, 0.1) is 22.1 Å². The molecule has 0 radical (unpaired) electrons. The summed E-state index contributed by atoms with van der Waals surface area (Å²) in [5.74, 6) is 0.822. The Hall–Kier alpha value is -3.74. The van der Waals surface area contributed by atoms with Crippen LogP contribution < -0.4 is 0 Å². The summed E-state index contributed by atoms with van der Waals surface area (Å²) in [6, 6.07) is 13.6. The third kappa shape index (κ3) is 3.94. The maximum absolute atomic E-state index is 14.6. The molecule has 4 nitrogen and oxygen atoms in total. The van der Waals surface area contributed by atoms with Gasteiger partial charge >= 0.3 is 6.18 Å². The molecule has 2 aromatic heterocycles. The predicted molar refractivity (Wildman–Crippen MR) is 169 cm³/mol. The summed E-state index contributed by atoms with van der Waals surface area (Å²) in [6.07, 6.45) is 6.29. The smallest absolute Gasteiger partial charge is 0.300 e. The largest absolute Gasteiger partial charge is 0.450 e. The van der Waals surface area contributed by atoms with E-state index in [1.165, 1.54) is 5.57 Å². The Morgan fingerprint density at radius 3 is 2.42 bits per heavy atom. The van der Waals surface area contributed by atoms with Crippen LogP contribution in [-0.4, -0.2) is 21.0 Å². The molecule has 2 heterocycles. The van der Waals surface area contributed by atoms with E-state index in [-0.39, 0.29) is 33.6 Å². The van der Waals surface area contributed by atoms with Crippen LogP contribution in [0.3, 0.4) is 0 Å². The molecule has 6 atom stereocenters. The monoisotopic (exact) mass is 610 g/mol. The lowest BCUT2D eigenvalue weighted by molar-refractivity contribution is -0.145. The molecule has 0 spiro atoms. The van der Waals surface area contributed by atoms with Crippen molar-refractivity contribution in [3.63, 3.8) is 0 Å². The molecule has 0 N–H and O–H groups in total. The van der Waals surface area contributed by atoms with Gasteiger partial charge in [-0.15, -0.1) is 0 Å². The number of para-hydroxylation sites is 2. The number of hydrogen-bond donors (Lipinski definition) is 0. The van der Waals surface area contributed by atoms with Crippen molar-refractivity contribution in [2.24, 2.45) is 34.5 Å². The molecule has 2 aromatic carbocycles. The van der Waals surface area contributed by atoms with E-state index in [4.69, 9.17) is 0 Å². The minimum Gasteiger partial charge on any atom is -0.300 e. The summed E-state index contributed by atoms with van der Waals surface area (Å²) >= 11 is 0. The highest BCUT2D eigenvalue weighted by Gasteiger charge is 2.59. The topological polar surface area (TPSA) is 51.4 Å². The van der Waals surface area contributed by atoms with Crippen molar-refractivity contribution < 1.29 is 22.8 Å². The van der Waals surface area contributed by atoms with Crippen molar-refractivity contribution in [2.75, 3.05) is 0 Å². The Morgan fingerprint density at radius 2 is 1.67 bits per heavy atom. The van der Waals surface area contributed by atoms with Crippen LogP contribution in [0.5, 0.6) is 0 Å². The summed E-state index contributed by atoms with van der Waals surface area (Å²) in [5, 5.41) is 1.03. The van der Waals surface area contributed by atoms with Crippen LogP contribution in [0, 0.1) is 34.5 Å². The molecule has 4 aliphatic carbocycles. The van der Waals surface area contributed by atoms with E-state index < -0.39 is 12.0 Å². The van der Waals surface area contributed by atoms with E-state index in [2.05, 4.69) is 31.0 Å². The zero-order chi connectivity index (χ0) is 31.5. The zero-order valence-electron chi connectivity index (χ0n) is 25.9. The minimum absolute atomic E-state index is 0.0622. The van der Waals surface area contributed by atoms with E-state index in [1.54, 1.807) is 55.5 Å². The summed E-state index contributed by atoms with van der Waals surface area (Å²) in [5.41, 5.74) is 2.98. The van der Waals surface area contributed by atoms with Crippen molar-refractivity contribution in [2.45, 2.75) is 71.9 Å². The van der Waals surface area contributed by atoms with Gasteiger partial charge in [-0.3, -0.25) is 14.0 Å². The number of ketones is 2. The van der Waals surface area contributed by atoms with E-state index in [1.807, 2.05) is 0 Å². The van der Waals surface area contributed by atoms with E-state index in [0.29, 0.717) is 57.4 Å². The molecule has 2 fully saturated rings. The summed E-state index contributed by atoms with van der Waals surface area (Å²) < 4.78 is 44.5. The Kier molecular flexibility index (Phi) is 6.15. The highest BCUT2D eigenvalue weighted by atomic mass is 19.4. The Morgan fingerprint density at radius 1 is 0.933 bits per heavy atom. The number of aromatic nitrogens is 2. The number of Topliss-reactive ketones (excluding diaryl/α,β-unsaturated/α-hetero) is 2. The number of allylic oxidation sites excluding steroid dienone is 4. The number of fused-ring (bicyclic) bond motifs is 10. The quantitative estimate of drug-likeness (QED) is 0.217. The van der Waals surface area contributed by atoms with E-state index in [0.717, 1.165) is 42.9 Å². The van der Waals surface area contributed by atoms with E-state index >= 15 is 0 Å². The second-order valence-corrected chi connectivity index (χ2v) is 14.5. The molecule has 0 bridgehead atoms. The van der Waals surface area contributed by atoms with Gasteiger partial charge in [0.15, 0.2) is 5.78 Å². The van der Waals surface area contributed by atoms with Gasteiger partial charge in [-0.25, -0.2) is 4.98 Å². The Labute approximate surface area is 260 Å². The van der Waals surface area contributed by atoms with Crippen LogP contribution in [0.25, 0.3) is 27.3 Å². The number of carbonyl (C=O) groups is 2. The van der Waals surface area contributed by atoms with Gasteiger partial charge in [0.25, 0.3) is 0 Å². The lowest BCUT2D eigenvalue weighted by atomic mass is 9.47. The van der Waals surface area contributed by atoms with Gasteiger partial charge in [-0.2, -0.15) is 13.2 Å². The third-order valence-corrected chi connectivity index (χ3v) is 12.5. The summed E-state index contributed by atoms with van der Waals surface area (Å²) in [4.78, 5) is 31.2. The summed E-state index contributed by atoms with van der Waals surface area (Å²) in [7, 11) is 0. The van der Waals surface area contributed by atoms with Gasteiger partial charge in [0.1, 0.15) is 5.78 Å². The van der Waals surface area contributed by atoms with Gasteiger partial charge < -0.3 is 0 Å². The first-order valence-electron chi connectivity index (χ1n) is 16.3. The fraction of sp³-hybridized carbons (Fsp3) is 0.447. The SMILES string of the molecule is CC(=O)[C@H]1CC[C@H]2[C@@H]3CC=C4C=C(C(=O)c5c6ccccc6n6c(C(F)(F)F)nc7ccccc7c56)CC[C@]4(C)[C@H]3CC[C@]12C. The van der Waals surface area contributed by atoms with Crippen LogP contribution in [-0.2, 0) is 11.0 Å². The number of alkyl halides is 3. The van der Waals surface area contributed by atoms with Crippen LogP contribution in [0.1, 0.15) is 81.9 Å². The van der Waals surface area contributed by atoms with Crippen molar-refractivity contribution in [1.82, 2.24) is 9.38 Å². The zero-order valence-corrected chi connectivity index (χ0v) is 25.9. The van der Waals surface area contributed by atoms with Gasteiger partial charge in [-0.05, 0) is 98.2 Å². The molecule has 4 aromatic rings. The number of benzene rings is 2. The first-order chi connectivity index (χ1) is 21.4. The predicted octanol–water partition coefficient (Wildman–Crippen LogP) is 9.55. The molecule has 2 saturated carbocycles.